The Labute approximate surface area is 278 Å². The number of aromatic nitrogens is 1. The quantitative estimate of drug-likeness (QED) is 0.186. The van der Waals surface area contributed by atoms with E-state index in [0.29, 0.717) is 0 Å². The van der Waals surface area contributed by atoms with Gasteiger partial charge in [-0.25, -0.2) is 0 Å². The molecule has 0 radical (unpaired) electrons. The molecule has 9 aromatic rings. The molecule has 7 aromatic carbocycles. The highest BCUT2D eigenvalue weighted by atomic mass is 32.1. The molecule has 0 bridgehead atoms. The zero-order chi connectivity index (χ0) is 31.3. The van der Waals surface area contributed by atoms with Gasteiger partial charge in [0, 0.05) is 42.0 Å². The first-order valence-corrected chi connectivity index (χ1v) is 17.2. The Morgan fingerprint density at radius 1 is 0.447 bits per heavy atom. The van der Waals surface area contributed by atoms with E-state index in [4.69, 9.17) is 0 Å². The molecular weight excluding hydrogens is 587 g/mol. The van der Waals surface area contributed by atoms with Gasteiger partial charge in [-0.1, -0.05) is 117 Å². The molecule has 0 aliphatic heterocycles. The van der Waals surface area contributed by atoms with E-state index in [1.54, 1.807) is 0 Å². The van der Waals surface area contributed by atoms with Crippen LogP contribution in [0.1, 0.15) is 25.0 Å². The maximum atomic E-state index is 2.46. The van der Waals surface area contributed by atoms with Crippen molar-refractivity contribution in [1.82, 2.24) is 4.57 Å². The number of hydrogen-bond acceptors (Lipinski definition) is 1. The number of rotatable bonds is 3. The minimum absolute atomic E-state index is 0.0320. The first-order chi connectivity index (χ1) is 23.1. The van der Waals surface area contributed by atoms with Gasteiger partial charge < -0.3 is 4.57 Å². The van der Waals surface area contributed by atoms with E-state index in [2.05, 4.69) is 170 Å². The van der Waals surface area contributed by atoms with E-state index in [1.165, 1.54) is 92.2 Å². The van der Waals surface area contributed by atoms with Gasteiger partial charge in [-0.05, 0) is 93.0 Å². The Morgan fingerprint density at radius 2 is 1.11 bits per heavy atom. The summed E-state index contributed by atoms with van der Waals surface area (Å²) in [6.07, 6.45) is 0. The van der Waals surface area contributed by atoms with Crippen LogP contribution in [0.15, 0.2) is 152 Å². The van der Waals surface area contributed by atoms with Crippen molar-refractivity contribution in [3.63, 3.8) is 0 Å². The largest absolute Gasteiger partial charge is 0.309 e. The third kappa shape index (κ3) is 3.83. The summed E-state index contributed by atoms with van der Waals surface area (Å²) in [5.41, 5.74) is 14.1. The van der Waals surface area contributed by atoms with Gasteiger partial charge in [0.25, 0.3) is 0 Å². The van der Waals surface area contributed by atoms with Crippen LogP contribution in [-0.2, 0) is 5.41 Å². The highest BCUT2D eigenvalue weighted by Gasteiger charge is 2.35. The van der Waals surface area contributed by atoms with Gasteiger partial charge in [-0.3, -0.25) is 0 Å². The molecule has 2 aromatic heterocycles. The van der Waals surface area contributed by atoms with Crippen molar-refractivity contribution in [2.24, 2.45) is 0 Å². The normalized spacial score (nSPS) is 13.5. The predicted molar refractivity (Wildman–Crippen MR) is 202 cm³/mol. The third-order valence-corrected chi connectivity index (χ3v) is 11.6. The summed E-state index contributed by atoms with van der Waals surface area (Å²) in [5, 5.41) is 5.31. The number of hydrogen-bond donors (Lipinski definition) is 0. The number of nitrogens with zero attached hydrogens (tertiary/aromatic N) is 1. The Morgan fingerprint density at radius 3 is 1.98 bits per heavy atom. The lowest BCUT2D eigenvalue weighted by Gasteiger charge is -2.22. The van der Waals surface area contributed by atoms with Gasteiger partial charge in [0.15, 0.2) is 0 Å². The standard InChI is InChI=1S/C45H31NS/c1-45(2)37-14-8-6-12-33(37)34-22-18-31(27-38(34)45)30-19-23-39-36(26-30)43-40(24-25-42-44(43)35-13-7-9-15-41(35)47-42)46(39)32-20-16-29(17-21-32)28-10-4-3-5-11-28/h3-27H,1-2H3. The van der Waals surface area contributed by atoms with E-state index in [1.807, 2.05) is 11.3 Å². The number of thiophene rings is 1. The van der Waals surface area contributed by atoms with Crippen molar-refractivity contribution in [2.75, 3.05) is 0 Å². The molecule has 0 saturated heterocycles. The molecule has 1 nitrogen and oxygen atoms in total. The molecule has 47 heavy (non-hydrogen) atoms. The molecule has 1 aliphatic carbocycles. The van der Waals surface area contributed by atoms with E-state index in [9.17, 15) is 0 Å². The average molecular weight is 618 g/mol. The average Bonchev–Trinajstić information content (AvgIpc) is 3.74. The Kier molecular flexibility index (Phi) is 5.57. The van der Waals surface area contributed by atoms with Crippen molar-refractivity contribution < 1.29 is 0 Å². The Hall–Kier alpha value is -5.44. The third-order valence-electron chi connectivity index (χ3n) is 10.4. The Bertz CT molecular complexity index is 2690. The first kappa shape index (κ1) is 26.7. The summed E-state index contributed by atoms with van der Waals surface area (Å²) in [5.74, 6) is 0. The number of fused-ring (bicyclic) bond motifs is 10. The van der Waals surface area contributed by atoms with Crippen molar-refractivity contribution in [2.45, 2.75) is 19.3 Å². The maximum absolute atomic E-state index is 2.46. The van der Waals surface area contributed by atoms with Gasteiger partial charge in [0.2, 0.25) is 0 Å². The highest BCUT2D eigenvalue weighted by Crippen LogP contribution is 2.50. The summed E-state index contributed by atoms with van der Waals surface area (Å²) in [7, 11) is 0. The van der Waals surface area contributed by atoms with Gasteiger partial charge in [-0.15, -0.1) is 11.3 Å². The van der Waals surface area contributed by atoms with Crippen molar-refractivity contribution >= 4 is 53.3 Å². The molecule has 0 unspecified atom stereocenters. The SMILES string of the molecule is CC1(C)c2ccccc2-c2ccc(-c3ccc4c(c3)c3c5c(ccc3n4-c3ccc(-c4ccccc4)cc3)sc3ccccc35)cc21. The smallest absolute Gasteiger partial charge is 0.0548 e. The van der Waals surface area contributed by atoms with Crippen LogP contribution in [0.4, 0.5) is 0 Å². The molecule has 2 heterocycles. The van der Waals surface area contributed by atoms with E-state index in [-0.39, 0.29) is 5.41 Å². The van der Waals surface area contributed by atoms with Crippen LogP contribution in [0.3, 0.4) is 0 Å². The molecule has 0 spiro atoms. The summed E-state index contributed by atoms with van der Waals surface area (Å²) in [4.78, 5) is 0. The summed E-state index contributed by atoms with van der Waals surface area (Å²) in [6, 6.07) is 56.2. The van der Waals surface area contributed by atoms with Gasteiger partial charge >= 0.3 is 0 Å². The van der Waals surface area contributed by atoms with Crippen molar-refractivity contribution in [3.8, 4) is 39.1 Å². The second-order valence-electron chi connectivity index (χ2n) is 13.3. The first-order valence-electron chi connectivity index (χ1n) is 16.4. The van der Waals surface area contributed by atoms with E-state index in [0.717, 1.165) is 0 Å². The van der Waals surface area contributed by atoms with Crippen LogP contribution in [0.5, 0.6) is 0 Å². The fraction of sp³-hybridized carbons (Fsp3) is 0.0667. The number of benzene rings is 7. The molecule has 0 atom stereocenters. The molecule has 10 rings (SSSR count). The van der Waals surface area contributed by atoms with Crippen LogP contribution in [-0.4, -0.2) is 4.57 Å². The minimum atomic E-state index is -0.0320. The molecule has 1 aliphatic rings. The lowest BCUT2D eigenvalue weighted by atomic mass is 9.81. The second kappa shape index (κ2) is 9.78. The fourth-order valence-corrected chi connectivity index (χ4v) is 9.21. The van der Waals surface area contributed by atoms with Crippen LogP contribution in [0.25, 0.3) is 81.0 Å². The summed E-state index contributed by atoms with van der Waals surface area (Å²) in [6.45, 7) is 4.72. The molecule has 0 saturated carbocycles. The molecular formula is C45H31NS. The summed E-state index contributed by atoms with van der Waals surface area (Å²) < 4.78 is 5.12. The van der Waals surface area contributed by atoms with Gasteiger partial charge in [0.1, 0.15) is 0 Å². The van der Waals surface area contributed by atoms with Crippen LogP contribution in [0.2, 0.25) is 0 Å². The molecule has 0 amide bonds. The second-order valence-corrected chi connectivity index (χ2v) is 14.4. The highest BCUT2D eigenvalue weighted by molar-refractivity contribution is 7.26. The molecule has 2 heteroatoms. The van der Waals surface area contributed by atoms with Crippen molar-refractivity contribution in [3.05, 3.63) is 163 Å². The Balaban J connectivity index is 1.22. The fourth-order valence-electron chi connectivity index (χ4n) is 8.10. The van der Waals surface area contributed by atoms with Crippen LogP contribution in [0, 0.1) is 0 Å². The lowest BCUT2D eigenvalue weighted by molar-refractivity contribution is 0.660. The van der Waals surface area contributed by atoms with E-state index >= 15 is 0 Å². The molecule has 222 valence electrons. The zero-order valence-electron chi connectivity index (χ0n) is 26.3. The molecule has 0 N–H and O–H groups in total. The zero-order valence-corrected chi connectivity index (χ0v) is 27.1. The minimum Gasteiger partial charge on any atom is -0.309 e. The van der Waals surface area contributed by atoms with Crippen molar-refractivity contribution in [1.29, 1.82) is 0 Å². The lowest BCUT2D eigenvalue weighted by Crippen LogP contribution is -2.14. The van der Waals surface area contributed by atoms with Crippen LogP contribution < -0.4 is 0 Å². The van der Waals surface area contributed by atoms with E-state index < -0.39 is 0 Å². The van der Waals surface area contributed by atoms with Crippen LogP contribution >= 0.6 is 11.3 Å². The predicted octanol–water partition coefficient (Wildman–Crippen LogP) is 12.8. The maximum Gasteiger partial charge on any atom is 0.0548 e. The monoisotopic (exact) mass is 617 g/mol. The molecule has 0 fully saturated rings. The van der Waals surface area contributed by atoms with Gasteiger partial charge in [-0.2, -0.15) is 0 Å². The topological polar surface area (TPSA) is 4.93 Å². The van der Waals surface area contributed by atoms with Gasteiger partial charge in [0.05, 0.1) is 11.0 Å². The summed E-state index contributed by atoms with van der Waals surface area (Å²) >= 11 is 1.89.